The van der Waals surface area contributed by atoms with E-state index >= 15 is 0 Å². The van der Waals surface area contributed by atoms with Crippen molar-refractivity contribution in [1.82, 2.24) is 10.6 Å². The summed E-state index contributed by atoms with van der Waals surface area (Å²) in [5.41, 5.74) is 5.23. The van der Waals surface area contributed by atoms with Crippen LogP contribution in [0.5, 0.6) is 46.0 Å². The van der Waals surface area contributed by atoms with Gasteiger partial charge in [0, 0.05) is 35.2 Å². The van der Waals surface area contributed by atoms with Crippen LogP contribution < -0.4 is 10.6 Å². The van der Waals surface area contributed by atoms with Crippen molar-refractivity contribution in [2.75, 3.05) is 26.2 Å². The van der Waals surface area contributed by atoms with E-state index < -0.39 is 47.0 Å². The molecule has 0 fully saturated rings. The number of hydrogen-bond acceptors (Lipinski definition) is 13. The number of rotatable bonds is 15. The minimum Gasteiger partial charge on any atom is -0.508 e. The number of carboxylic acid groups (broad SMARTS) is 1. The molecule has 312 valence electrons. The molecule has 14 nitrogen and oxygen atoms in total. The Labute approximate surface area is 341 Å². The molecule has 0 radical (unpaired) electrons. The van der Waals surface area contributed by atoms with Crippen LogP contribution in [0.25, 0.3) is 28.9 Å². The van der Waals surface area contributed by atoms with Crippen molar-refractivity contribution in [3.63, 3.8) is 0 Å². The molecule has 0 amide bonds. The largest absolute Gasteiger partial charge is 0.508 e. The summed E-state index contributed by atoms with van der Waals surface area (Å²) in [5.74, 6) is -7.44. The van der Waals surface area contributed by atoms with Crippen LogP contribution in [0.3, 0.4) is 0 Å². The topological polar surface area (TPSA) is 249 Å². The van der Waals surface area contributed by atoms with Crippen LogP contribution >= 0.6 is 0 Å². The van der Waals surface area contributed by atoms with E-state index in [-0.39, 0.29) is 46.6 Å². The molecule has 0 aromatic heterocycles. The summed E-state index contributed by atoms with van der Waals surface area (Å²) in [6.45, 7) is 5.58. The number of allylic oxidation sites excluding steroid dienone is 1. The van der Waals surface area contributed by atoms with Gasteiger partial charge in [-0.15, -0.1) is 0 Å². The summed E-state index contributed by atoms with van der Waals surface area (Å²) in [6.07, 6.45) is 5.54. The van der Waals surface area contributed by atoms with E-state index in [2.05, 4.69) is 10.6 Å². The van der Waals surface area contributed by atoms with E-state index in [1.54, 1.807) is 25.1 Å². The minimum absolute atomic E-state index is 0.0448. The van der Waals surface area contributed by atoms with Gasteiger partial charge in [0.1, 0.15) is 5.75 Å². The van der Waals surface area contributed by atoms with Crippen molar-refractivity contribution in [1.29, 1.82) is 0 Å². The molecule has 0 heterocycles. The van der Waals surface area contributed by atoms with Gasteiger partial charge in [0.25, 0.3) is 0 Å². The minimum atomic E-state index is -1.82. The fourth-order valence-corrected chi connectivity index (χ4v) is 8.31. The summed E-state index contributed by atoms with van der Waals surface area (Å²) in [5, 5.41) is 102. The highest BCUT2D eigenvalue weighted by Gasteiger charge is 2.35. The number of phenolic OH excluding ortho intramolecular Hbond substituents is 8. The number of benzene rings is 4. The average Bonchev–Trinajstić information content (AvgIpc) is 3.41. The van der Waals surface area contributed by atoms with Crippen molar-refractivity contribution in [3.05, 3.63) is 87.5 Å². The Morgan fingerprint density at radius 1 is 0.814 bits per heavy atom. The van der Waals surface area contributed by atoms with Crippen LogP contribution in [-0.2, 0) is 27.2 Å². The Balaban J connectivity index is 1.45. The number of phenols is 8. The summed E-state index contributed by atoms with van der Waals surface area (Å²) >= 11 is 0. The maximum Gasteiger partial charge on any atom is 0.345 e. The molecule has 4 aromatic rings. The summed E-state index contributed by atoms with van der Waals surface area (Å²) in [7, 11) is 0. The lowest BCUT2D eigenvalue weighted by Crippen LogP contribution is -2.38. The molecule has 0 spiro atoms. The van der Waals surface area contributed by atoms with Gasteiger partial charge in [0.2, 0.25) is 6.10 Å². The van der Waals surface area contributed by atoms with Crippen LogP contribution in [0.2, 0.25) is 0 Å². The third kappa shape index (κ3) is 8.74. The third-order valence-corrected chi connectivity index (χ3v) is 11.1. The highest BCUT2D eigenvalue weighted by Crippen LogP contribution is 2.53. The number of carbonyl (C=O) groups is 2. The molecular formula is C45H50N2O12. The van der Waals surface area contributed by atoms with Crippen molar-refractivity contribution < 1.29 is 60.3 Å². The van der Waals surface area contributed by atoms with E-state index in [0.717, 1.165) is 30.3 Å². The molecule has 3 atom stereocenters. The number of carboxylic acids is 1. The Morgan fingerprint density at radius 2 is 1.49 bits per heavy atom. The normalized spacial score (nSPS) is 15.7. The second-order valence-corrected chi connectivity index (χ2v) is 14.9. The van der Waals surface area contributed by atoms with Gasteiger partial charge in [-0.2, -0.15) is 0 Å². The number of likely N-dealkylation sites (N-methyl/N-ethyl adjacent to an activating group) is 1. The zero-order chi connectivity index (χ0) is 42.5. The van der Waals surface area contributed by atoms with Gasteiger partial charge < -0.3 is 61.3 Å². The van der Waals surface area contributed by atoms with Crippen LogP contribution in [0.15, 0.2) is 48.5 Å². The van der Waals surface area contributed by atoms with Crippen molar-refractivity contribution in [3.8, 4) is 57.1 Å². The predicted molar refractivity (Wildman–Crippen MR) is 221 cm³/mol. The lowest BCUT2D eigenvalue weighted by atomic mass is 9.75. The molecule has 0 unspecified atom stereocenters. The SMILES string of the molecule is CCNCCC[C@@H]1CC(c2cc(O)c(O)c3c2-c2cccc(O)c2CCC3)=Cc2c(/C=C/C(=O)O[C@@H](C(=O)O)[C@H](CNCC)c3cc(O)c(O)c(O)c3)cc(O)c(O)c21. The van der Waals surface area contributed by atoms with Crippen molar-refractivity contribution in [2.24, 2.45) is 0 Å². The molecular weight excluding hydrogens is 760 g/mol. The van der Waals surface area contributed by atoms with Crippen LogP contribution in [0.4, 0.5) is 0 Å². The highest BCUT2D eigenvalue weighted by atomic mass is 16.6. The smallest absolute Gasteiger partial charge is 0.345 e. The van der Waals surface area contributed by atoms with E-state index in [1.165, 1.54) is 18.2 Å². The molecule has 2 aliphatic rings. The molecule has 0 saturated heterocycles. The van der Waals surface area contributed by atoms with Gasteiger partial charge in [-0.05, 0) is 139 Å². The van der Waals surface area contributed by atoms with E-state index in [9.17, 15) is 55.5 Å². The molecule has 4 aromatic carbocycles. The third-order valence-electron chi connectivity index (χ3n) is 11.1. The first-order valence-corrected chi connectivity index (χ1v) is 19.7. The van der Waals surface area contributed by atoms with Gasteiger partial charge in [-0.25, -0.2) is 9.59 Å². The number of fused-ring (bicyclic) bond motifs is 4. The molecule has 0 aliphatic heterocycles. The lowest BCUT2D eigenvalue weighted by Gasteiger charge is -2.30. The summed E-state index contributed by atoms with van der Waals surface area (Å²) < 4.78 is 5.49. The first-order chi connectivity index (χ1) is 28.2. The van der Waals surface area contributed by atoms with Crippen molar-refractivity contribution in [2.45, 2.75) is 70.3 Å². The second-order valence-electron chi connectivity index (χ2n) is 14.9. The van der Waals surface area contributed by atoms with Gasteiger partial charge in [-0.3, -0.25) is 0 Å². The predicted octanol–water partition coefficient (Wildman–Crippen LogP) is 6.31. The number of aromatic hydroxyl groups is 8. The monoisotopic (exact) mass is 810 g/mol. The zero-order valence-corrected chi connectivity index (χ0v) is 32.8. The number of nitrogens with one attached hydrogen (secondary N) is 2. The first kappa shape index (κ1) is 42.2. The number of hydrogen-bond donors (Lipinski definition) is 11. The molecule has 59 heavy (non-hydrogen) atoms. The van der Waals surface area contributed by atoms with Crippen LogP contribution in [-0.4, -0.2) is 90.2 Å². The zero-order valence-electron chi connectivity index (χ0n) is 32.8. The quantitative estimate of drug-likeness (QED) is 0.0273. The number of ether oxygens (including phenoxy) is 1. The van der Waals surface area contributed by atoms with Gasteiger partial charge in [0.15, 0.2) is 40.2 Å². The Bertz CT molecular complexity index is 2290. The first-order valence-electron chi connectivity index (χ1n) is 19.7. The molecule has 0 saturated carbocycles. The lowest BCUT2D eigenvalue weighted by molar-refractivity contribution is -0.162. The number of carbonyl (C=O) groups excluding carboxylic acids is 1. The molecule has 2 aliphatic carbocycles. The maximum atomic E-state index is 13.5. The highest BCUT2D eigenvalue weighted by molar-refractivity contribution is 5.98. The van der Waals surface area contributed by atoms with Crippen molar-refractivity contribution >= 4 is 29.7 Å². The van der Waals surface area contributed by atoms with E-state index in [4.69, 9.17) is 4.74 Å². The summed E-state index contributed by atoms with van der Waals surface area (Å²) in [6, 6.07) is 10.1. The van der Waals surface area contributed by atoms with Crippen LogP contribution in [0, 0.1) is 0 Å². The Kier molecular flexibility index (Phi) is 12.9. The second kappa shape index (κ2) is 18.0. The fraction of sp³-hybridized carbons (Fsp3) is 0.333. The number of aliphatic carboxylic acids is 1. The van der Waals surface area contributed by atoms with Gasteiger partial charge in [-0.1, -0.05) is 32.1 Å². The molecule has 11 N–H and O–H groups in total. The average molecular weight is 811 g/mol. The standard InChI is InChI=1S/C45H50N2O12/c1-3-46-15-7-8-24-16-25(31-21-37(52)41(54)29-11-5-9-27-28(40(29)31)10-6-12-33(27)48)17-30-23(18-36(51)43(56)39(24)30)13-14-38(53)59-44(45(57)58)32(22-47-4-2)26-19-34(49)42(55)35(50)20-26/h6,10,12-14,17-21,24,32,44,46-52,54-56H,3-5,7-9,11,15-16,22H2,1-2H3,(H,57,58)/b14-13+/t24-,32-,44-/m1/s1. The summed E-state index contributed by atoms with van der Waals surface area (Å²) in [4.78, 5) is 26.0. The Morgan fingerprint density at radius 3 is 2.19 bits per heavy atom. The van der Waals surface area contributed by atoms with Gasteiger partial charge >= 0.3 is 11.9 Å². The van der Waals surface area contributed by atoms with Gasteiger partial charge in [0.05, 0.1) is 0 Å². The molecule has 6 rings (SSSR count). The molecule has 14 heteroatoms. The van der Waals surface area contributed by atoms with Crippen LogP contribution in [0.1, 0.15) is 90.3 Å². The molecule has 0 bridgehead atoms. The Hall–Kier alpha value is -6.38. The van der Waals surface area contributed by atoms with E-state index in [0.29, 0.717) is 90.6 Å². The number of esters is 1. The maximum absolute atomic E-state index is 13.5. The van der Waals surface area contributed by atoms with E-state index in [1.807, 2.05) is 13.0 Å². The fourth-order valence-electron chi connectivity index (χ4n) is 8.31.